The molecule has 0 spiro atoms. The number of unbranched alkanes of at least 4 members (excludes halogenated alkanes) is 1. The number of esters is 2. The molecule has 1 saturated carbocycles. The van der Waals surface area contributed by atoms with Crippen LogP contribution in [0.3, 0.4) is 0 Å². The van der Waals surface area contributed by atoms with Gasteiger partial charge in [0.1, 0.15) is 6.10 Å². The molecule has 9 nitrogen and oxygen atoms in total. The second-order valence-electron chi connectivity index (χ2n) is 7.02. The Hall–Kier alpha value is -2.62. The van der Waals surface area contributed by atoms with Crippen LogP contribution in [0.25, 0.3) is 6.08 Å². The Morgan fingerprint density at radius 2 is 1.79 bits per heavy atom. The van der Waals surface area contributed by atoms with Crippen LogP contribution in [0.15, 0.2) is 24.3 Å². The monoisotopic (exact) mass is 410 g/mol. The molecule has 5 N–H and O–H groups in total. The number of aliphatic hydroxyl groups is 3. The molecule has 0 heterocycles. The highest BCUT2D eigenvalue weighted by Crippen LogP contribution is 2.34. The maximum atomic E-state index is 12.6. The zero-order valence-corrected chi connectivity index (χ0v) is 16.0. The van der Waals surface area contributed by atoms with E-state index in [1.807, 2.05) is 6.92 Å². The lowest BCUT2D eigenvalue weighted by Crippen LogP contribution is -2.58. The van der Waals surface area contributed by atoms with E-state index in [1.165, 1.54) is 24.3 Å². The fourth-order valence-electron chi connectivity index (χ4n) is 3.02. The van der Waals surface area contributed by atoms with E-state index < -0.39 is 48.7 Å². The first-order valence-corrected chi connectivity index (χ1v) is 9.33. The molecule has 160 valence electrons. The zero-order chi connectivity index (χ0) is 21.6. The molecule has 2 atom stereocenters. The van der Waals surface area contributed by atoms with E-state index in [9.17, 15) is 35.1 Å². The van der Waals surface area contributed by atoms with Gasteiger partial charge in [-0.2, -0.15) is 0 Å². The molecule has 1 fully saturated rings. The van der Waals surface area contributed by atoms with Crippen molar-refractivity contribution in [2.75, 3.05) is 6.61 Å². The third-order valence-electron chi connectivity index (χ3n) is 4.68. The van der Waals surface area contributed by atoms with Gasteiger partial charge in [-0.15, -0.1) is 0 Å². The predicted octanol–water partition coefficient (Wildman–Crippen LogP) is 0.613. The van der Waals surface area contributed by atoms with E-state index in [2.05, 4.69) is 0 Å². The van der Waals surface area contributed by atoms with Gasteiger partial charge < -0.3 is 35.0 Å². The minimum absolute atomic E-state index is 0.0893. The fraction of sp³-hybridized carbons (Fsp3) is 0.500. The molecule has 0 saturated heterocycles. The first kappa shape index (κ1) is 22.7. The van der Waals surface area contributed by atoms with Crippen LogP contribution in [-0.4, -0.2) is 68.0 Å². The Balaban J connectivity index is 2.17. The topological polar surface area (TPSA) is 154 Å². The summed E-state index contributed by atoms with van der Waals surface area (Å²) in [5.74, 6) is -2.54. The summed E-state index contributed by atoms with van der Waals surface area (Å²) in [5.41, 5.74) is -1.56. The molecular formula is C20H26O9. The Kier molecular flexibility index (Phi) is 7.60. The molecule has 29 heavy (non-hydrogen) atoms. The third-order valence-corrected chi connectivity index (χ3v) is 4.68. The van der Waals surface area contributed by atoms with Gasteiger partial charge in [0.2, 0.25) is 5.60 Å². The Morgan fingerprint density at radius 1 is 1.14 bits per heavy atom. The van der Waals surface area contributed by atoms with E-state index in [-0.39, 0.29) is 18.1 Å². The summed E-state index contributed by atoms with van der Waals surface area (Å²) < 4.78 is 10.4. The number of aromatic hydroxyl groups is 2. The van der Waals surface area contributed by atoms with E-state index in [4.69, 9.17) is 9.47 Å². The summed E-state index contributed by atoms with van der Waals surface area (Å²) in [5, 5.41) is 48.6. The number of benzene rings is 1. The summed E-state index contributed by atoms with van der Waals surface area (Å²) in [6.45, 7) is 1.99. The van der Waals surface area contributed by atoms with Gasteiger partial charge in [0, 0.05) is 18.9 Å². The molecule has 0 aliphatic heterocycles. The van der Waals surface area contributed by atoms with Crippen molar-refractivity contribution < 1.29 is 44.6 Å². The van der Waals surface area contributed by atoms with E-state index in [0.717, 1.165) is 12.5 Å². The lowest BCUT2D eigenvalue weighted by molar-refractivity contribution is -0.205. The van der Waals surface area contributed by atoms with Gasteiger partial charge in [0.05, 0.1) is 18.8 Å². The van der Waals surface area contributed by atoms with Crippen LogP contribution in [0.2, 0.25) is 0 Å². The lowest BCUT2D eigenvalue weighted by atomic mass is 9.79. The van der Waals surface area contributed by atoms with Gasteiger partial charge in [-0.25, -0.2) is 9.59 Å². The van der Waals surface area contributed by atoms with Crippen molar-refractivity contribution in [2.45, 2.75) is 56.5 Å². The Labute approximate surface area is 167 Å². The minimum Gasteiger partial charge on any atom is -0.504 e. The summed E-state index contributed by atoms with van der Waals surface area (Å²) >= 11 is 0. The number of rotatable bonds is 7. The number of carbonyl (C=O) groups is 2. The average Bonchev–Trinajstić information content (AvgIpc) is 2.67. The van der Waals surface area contributed by atoms with Gasteiger partial charge in [0.25, 0.3) is 0 Å². The maximum Gasteiger partial charge on any atom is 0.350 e. The van der Waals surface area contributed by atoms with Crippen molar-refractivity contribution in [3.05, 3.63) is 29.8 Å². The number of ether oxygens (including phenoxy) is 2. The SMILES string of the molecule is CCCCOC(=O)C1(OC(=O)/C=C/c2ccc(O)c(O)c2)C[C@@H](O)C(O)[C@H](O)C1. The van der Waals surface area contributed by atoms with Crippen LogP contribution in [0.5, 0.6) is 11.5 Å². The van der Waals surface area contributed by atoms with E-state index >= 15 is 0 Å². The molecule has 0 radical (unpaired) electrons. The van der Waals surface area contributed by atoms with Crippen molar-refractivity contribution in [1.29, 1.82) is 0 Å². The van der Waals surface area contributed by atoms with Crippen LogP contribution in [0.4, 0.5) is 0 Å². The van der Waals surface area contributed by atoms with Crippen LogP contribution in [0.1, 0.15) is 38.2 Å². The quantitative estimate of drug-likeness (QED) is 0.188. The number of hydrogen-bond donors (Lipinski definition) is 5. The normalized spacial score (nSPS) is 27.0. The van der Waals surface area contributed by atoms with Crippen molar-refractivity contribution >= 4 is 18.0 Å². The molecule has 1 aliphatic rings. The molecule has 9 heteroatoms. The highest BCUT2D eigenvalue weighted by molar-refractivity contribution is 5.91. The highest BCUT2D eigenvalue weighted by atomic mass is 16.6. The molecule has 2 rings (SSSR count). The summed E-state index contributed by atoms with van der Waals surface area (Å²) in [7, 11) is 0. The van der Waals surface area contributed by atoms with Crippen molar-refractivity contribution in [1.82, 2.24) is 0 Å². The van der Waals surface area contributed by atoms with Crippen LogP contribution in [0, 0.1) is 0 Å². The molecule has 0 aromatic heterocycles. The number of phenols is 2. The molecule has 1 aromatic carbocycles. The largest absolute Gasteiger partial charge is 0.504 e. The van der Waals surface area contributed by atoms with Crippen molar-refractivity contribution in [3.63, 3.8) is 0 Å². The third kappa shape index (κ3) is 5.69. The minimum atomic E-state index is -1.94. The van der Waals surface area contributed by atoms with Crippen LogP contribution < -0.4 is 0 Å². The van der Waals surface area contributed by atoms with Crippen molar-refractivity contribution in [3.8, 4) is 11.5 Å². The summed E-state index contributed by atoms with van der Waals surface area (Å²) in [6, 6.07) is 3.90. The molecule has 1 aromatic rings. The average molecular weight is 410 g/mol. The fourth-order valence-corrected chi connectivity index (χ4v) is 3.02. The zero-order valence-electron chi connectivity index (χ0n) is 16.0. The number of phenolic OH excluding ortho intramolecular Hbond substituents is 2. The molecule has 0 amide bonds. The van der Waals surface area contributed by atoms with Gasteiger partial charge in [0.15, 0.2) is 11.5 Å². The molecular weight excluding hydrogens is 384 g/mol. The summed E-state index contributed by atoms with van der Waals surface area (Å²) in [4.78, 5) is 24.9. The summed E-state index contributed by atoms with van der Waals surface area (Å²) in [6.07, 6.45) is -1.63. The predicted molar refractivity (Wildman–Crippen MR) is 101 cm³/mol. The number of carbonyl (C=O) groups excluding carboxylic acids is 2. The maximum absolute atomic E-state index is 12.6. The van der Waals surface area contributed by atoms with Gasteiger partial charge in [-0.3, -0.25) is 0 Å². The van der Waals surface area contributed by atoms with Gasteiger partial charge in [-0.05, 0) is 30.2 Å². The molecule has 1 aliphatic carbocycles. The standard InChI is InChI=1S/C20H26O9/c1-2-3-8-28-19(27)20(10-15(23)18(26)16(24)11-20)29-17(25)7-5-12-4-6-13(21)14(22)9-12/h4-7,9,15-16,18,21-24,26H,2-3,8,10-11H2,1H3/b7-5+/t15-,16-,18?,20?/m1/s1. The smallest absolute Gasteiger partial charge is 0.350 e. The molecule has 0 bridgehead atoms. The van der Waals surface area contributed by atoms with Gasteiger partial charge in [-0.1, -0.05) is 19.4 Å². The molecule has 0 unspecified atom stereocenters. The lowest BCUT2D eigenvalue weighted by Gasteiger charge is -2.40. The van der Waals surface area contributed by atoms with E-state index in [1.54, 1.807) is 0 Å². The van der Waals surface area contributed by atoms with Gasteiger partial charge >= 0.3 is 11.9 Å². The van der Waals surface area contributed by atoms with Crippen LogP contribution >= 0.6 is 0 Å². The Bertz CT molecular complexity index is 746. The number of aliphatic hydroxyl groups excluding tert-OH is 3. The Morgan fingerprint density at radius 3 is 2.38 bits per heavy atom. The first-order valence-electron chi connectivity index (χ1n) is 9.33. The second-order valence-corrected chi connectivity index (χ2v) is 7.02. The van der Waals surface area contributed by atoms with Crippen molar-refractivity contribution in [2.24, 2.45) is 0 Å². The highest BCUT2D eigenvalue weighted by Gasteiger charge is 2.53. The number of hydrogen-bond acceptors (Lipinski definition) is 9. The first-order chi connectivity index (χ1) is 13.7. The van der Waals surface area contributed by atoms with E-state index in [0.29, 0.717) is 12.0 Å². The second kappa shape index (κ2) is 9.73. The van der Waals surface area contributed by atoms with Crippen LogP contribution in [-0.2, 0) is 19.1 Å².